The molecule has 0 aromatic heterocycles. The van der Waals surface area contributed by atoms with Crippen molar-refractivity contribution < 1.29 is 19.1 Å². The van der Waals surface area contributed by atoms with Gasteiger partial charge in [0.2, 0.25) is 5.91 Å². The van der Waals surface area contributed by atoms with Crippen molar-refractivity contribution in [2.45, 2.75) is 39.7 Å². The Labute approximate surface area is 195 Å². The average Bonchev–Trinajstić information content (AvgIpc) is 2.61. The van der Waals surface area contributed by atoms with Crippen LogP contribution in [0.4, 0.5) is 10.5 Å². The number of halogens is 1. The highest BCUT2D eigenvalue weighted by Gasteiger charge is 2.15. The number of nitrogens with zero attached hydrogens (tertiary/aromatic N) is 1. The Hall–Kier alpha value is -2.24. The van der Waals surface area contributed by atoms with Crippen LogP contribution in [0.2, 0.25) is 0 Å². The van der Waals surface area contributed by atoms with Crippen LogP contribution in [0.15, 0.2) is 29.3 Å². The third-order valence-electron chi connectivity index (χ3n) is 3.36. The first-order valence-corrected chi connectivity index (χ1v) is 9.61. The normalized spacial score (nSPS) is 11.0. The molecule has 0 saturated carbocycles. The highest BCUT2D eigenvalue weighted by atomic mass is 127. The molecular weight excluding hydrogens is 501 g/mol. The molecule has 0 spiro atoms. The van der Waals surface area contributed by atoms with Gasteiger partial charge < -0.3 is 30.7 Å². The van der Waals surface area contributed by atoms with Gasteiger partial charge in [-0.05, 0) is 39.3 Å². The molecule has 0 saturated heterocycles. The molecule has 0 aliphatic heterocycles. The Balaban J connectivity index is 0.00000841. The number of hydrogen-bond acceptors (Lipinski definition) is 5. The van der Waals surface area contributed by atoms with Crippen LogP contribution >= 0.6 is 24.0 Å². The molecule has 0 heterocycles. The third-order valence-corrected chi connectivity index (χ3v) is 3.36. The molecule has 0 bridgehead atoms. The van der Waals surface area contributed by atoms with Crippen LogP contribution in [0.1, 0.15) is 34.1 Å². The van der Waals surface area contributed by atoms with Gasteiger partial charge in [0.15, 0.2) is 5.96 Å². The molecule has 0 radical (unpaired) electrons. The molecule has 1 rings (SSSR count). The molecule has 2 amide bonds. The fourth-order valence-electron chi connectivity index (χ4n) is 2.23. The number of ether oxygens (including phenoxy) is 2. The maximum Gasteiger partial charge on any atom is 0.407 e. The Kier molecular flexibility index (Phi) is 13.6. The first-order chi connectivity index (χ1) is 13.7. The number of rotatable bonds is 9. The van der Waals surface area contributed by atoms with Crippen molar-refractivity contribution in [1.82, 2.24) is 16.0 Å². The molecule has 1 aromatic rings. The first kappa shape index (κ1) is 27.8. The fourth-order valence-corrected chi connectivity index (χ4v) is 2.23. The lowest BCUT2D eigenvalue weighted by atomic mass is 10.2. The van der Waals surface area contributed by atoms with Crippen molar-refractivity contribution in [2.24, 2.45) is 4.99 Å². The van der Waals surface area contributed by atoms with Crippen LogP contribution in [0.25, 0.3) is 0 Å². The summed E-state index contributed by atoms with van der Waals surface area (Å²) in [5.41, 5.74) is 0.196. The van der Waals surface area contributed by atoms with E-state index in [1.54, 1.807) is 19.2 Å². The summed E-state index contributed by atoms with van der Waals surface area (Å²) in [5.74, 6) is 1.20. The summed E-state index contributed by atoms with van der Waals surface area (Å²) in [6, 6.07) is 7.22. The summed E-state index contributed by atoms with van der Waals surface area (Å²) < 4.78 is 10.8. The number of amides is 2. The molecule has 4 N–H and O–H groups in total. The zero-order valence-corrected chi connectivity index (χ0v) is 20.7. The number of carbonyl (C=O) groups excluding carboxylic acids is 2. The number of guanidine groups is 1. The molecule has 0 fully saturated rings. The van der Waals surface area contributed by atoms with Crippen LogP contribution in [0.3, 0.4) is 0 Å². The lowest BCUT2D eigenvalue weighted by molar-refractivity contribution is -0.114. The smallest absolute Gasteiger partial charge is 0.407 e. The van der Waals surface area contributed by atoms with Gasteiger partial charge in [-0.15, -0.1) is 24.0 Å². The molecule has 0 unspecified atom stereocenters. The van der Waals surface area contributed by atoms with E-state index in [2.05, 4.69) is 26.3 Å². The molecule has 0 aliphatic carbocycles. The molecule has 170 valence electrons. The van der Waals surface area contributed by atoms with E-state index < -0.39 is 11.7 Å². The molecule has 30 heavy (non-hydrogen) atoms. The van der Waals surface area contributed by atoms with E-state index in [0.717, 1.165) is 6.42 Å². The van der Waals surface area contributed by atoms with Gasteiger partial charge in [0.05, 0.1) is 6.54 Å². The van der Waals surface area contributed by atoms with Crippen molar-refractivity contribution in [3.63, 3.8) is 0 Å². The standard InChI is InChI=1S/C20H33N5O4.HI/c1-15(26)25-16-8-6-9-17(14-16)28-13-12-23-18(21-5)22-10-7-11-24-19(27)29-20(2,3)4;/h6,8-9,14H,7,10-13H2,1-5H3,(H,24,27)(H,25,26)(H2,21,22,23);1H. The van der Waals surface area contributed by atoms with E-state index in [4.69, 9.17) is 9.47 Å². The first-order valence-electron chi connectivity index (χ1n) is 9.61. The second-order valence-electron chi connectivity index (χ2n) is 7.27. The number of hydrogen-bond donors (Lipinski definition) is 4. The topological polar surface area (TPSA) is 113 Å². The van der Waals surface area contributed by atoms with Gasteiger partial charge in [-0.2, -0.15) is 0 Å². The van der Waals surface area contributed by atoms with Crippen LogP contribution in [-0.2, 0) is 9.53 Å². The monoisotopic (exact) mass is 535 g/mol. The molecule has 0 atom stereocenters. The van der Waals surface area contributed by atoms with Crippen LogP contribution in [-0.4, -0.2) is 56.8 Å². The second-order valence-corrected chi connectivity index (χ2v) is 7.27. The Morgan fingerprint density at radius 2 is 1.73 bits per heavy atom. The number of aliphatic imine (C=N–C) groups is 1. The summed E-state index contributed by atoms with van der Waals surface area (Å²) in [5, 5.41) is 11.7. The minimum absolute atomic E-state index is 0. The molecule has 1 aromatic carbocycles. The predicted molar refractivity (Wildman–Crippen MR) is 130 cm³/mol. The minimum atomic E-state index is -0.498. The van der Waals surface area contributed by atoms with Gasteiger partial charge in [0.1, 0.15) is 18.0 Å². The van der Waals surface area contributed by atoms with Gasteiger partial charge in [-0.1, -0.05) is 6.07 Å². The molecular formula is C20H34IN5O4. The summed E-state index contributed by atoms with van der Waals surface area (Å²) in [6.45, 7) is 9.09. The van der Waals surface area contributed by atoms with E-state index in [9.17, 15) is 9.59 Å². The number of anilines is 1. The number of carbonyl (C=O) groups is 2. The predicted octanol–water partition coefficient (Wildman–Crippen LogP) is 2.72. The van der Waals surface area contributed by atoms with Gasteiger partial charge in [-0.3, -0.25) is 9.79 Å². The Morgan fingerprint density at radius 1 is 1.07 bits per heavy atom. The lowest BCUT2D eigenvalue weighted by Crippen LogP contribution is -2.40. The van der Waals surface area contributed by atoms with Gasteiger partial charge in [0.25, 0.3) is 0 Å². The van der Waals surface area contributed by atoms with Crippen molar-refractivity contribution in [1.29, 1.82) is 0 Å². The van der Waals surface area contributed by atoms with Crippen LogP contribution in [0.5, 0.6) is 5.75 Å². The van der Waals surface area contributed by atoms with Crippen molar-refractivity contribution in [2.75, 3.05) is 38.6 Å². The van der Waals surface area contributed by atoms with Gasteiger partial charge in [0, 0.05) is 38.8 Å². The van der Waals surface area contributed by atoms with Crippen molar-refractivity contribution in [3.05, 3.63) is 24.3 Å². The maximum absolute atomic E-state index is 11.6. The number of nitrogens with one attached hydrogen (secondary N) is 4. The minimum Gasteiger partial charge on any atom is -0.492 e. The number of alkyl carbamates (subject to hydrolysis) is 1. The zero-order chi connectivity index (χ0) is 21.7. The van der Waals surface area contributed by atoms with Crippen LogP contribution in [0, 0.1) is 0 Å². The van der Waals surface area contributed by atoms with Crippen LogP contribution < -0.4 is 26.0 Å². The lowest BCUT2D eigenvalue weighted by Gasteiger charge is -2.19. The van der Waals surface area contributed by atoms with E-state index in [1.807, 2.05) is 32.9 Å². The Bertz CT molecular complexity index is 692. The Morgan fingerprint density at radius 3 is 2.37 bits per heavy atom. The number of benzene rings is 1. The molecule has 10 heteroatoms. The molecule has 9 nitrogen and oxygen atoms in total. The quantitative estimate of drug-likeness (QED) is 0.168. The van der Waals surface area contributed by atoms with Crippen molar-refractivity contribution >= 4 is 47.6 Å². The second kappa shape index (κ2) is 14.7. The summed E-state index contributed by atoms with van der Waals surface area (Å²) in [6.07, 6.45) is 0.312. The highest BCUT2D eigenvalue weighted by Crippen LogP contribution is 2.17. The van der Waals surface area contributed by atoms with Gasteiger partial charge >= 0.3 is 6.09 Å². The SMILES string of the molecule is CN=C(NCCCNC(=O)OC(C)(C)C)NCCOc1cccc(NC(C)=O)c1.I. The average molecular weight is 535 g/mol. The molecule has 0 aliphatic rings. The highest BCUT2D eigenvalue weighted by molar-refractivity contribution is 14.0. The van der Waals surface area contributed by atoms with Gasteiger partial charge in [-0.25, -0.2) is 4.79 Å². The summed E-state index contributed by atoms with van der Waals surface area (Å²) in [4.78, 5) is 26.8. The summed E-state index contributed by atoms with van der Waals surface area (Å²) >= 11 is 0. The summed E-state index contributed by atoms with van der Waals surface area (Å²) in [7, 11) is 1.69. The van der Waals surface area contributed by atoms with Crippen molar-refractivity contribution in [3.8, 4) is 5.75 Å². The largest absolute Gasteiger partial charge is 0.492 e. The van der Waals surface area contributed by atoms with E-state index in [-0.39, 0.29) is 29.9 Å². The maximum atomic E-state index is 11.6. The third kappa shape index (κ3) is 13.9. The van der Waals surface area contributed by atoms with E-state index >= 15 is 0 Å². The van der Waals surface area contributed by atoms with E-state index in [1.165, 1.54) is 6.92 Å². The fraction of sp³-hybridized carbons (Fsp3) is 0.550. The van der Waals surface area contributed by atoms with E-state index in [0.29, 0.717) is 43.6 Å². The zero-order valence-electron chi connectivity index (χ0n) is 18.3.